The number of halogens is 1. The molecule has 102 valence electrons. The van der Waals surface area contributed by atoms with E-state index in [1.54, 1.807) is 13.0 Å². The maximum Gasteiger partial charge on any atom is 0.226 e. The minimum Gasteiger partial charge on any atom is -0.309 e. The van der Waals surface area contributed by atoms with Crippen LogP contribution in [0.3, 0.4) is 0 Å². The zero-order valence-corrected chi connectivity index (χ0v) is 12.2. The minimum atomic E-state index is -0.523. The fourth-order valence-electron chi connectivity index (χ4n) is 2.56. The van der Waals surface area contributed by atoms with Crippen LogP contribution in [0.2, 0.25) is 0 Å². The summed E-state index contributed by atoms with van der Waals surface area (Å²) in [5, 5.41) is -0.523. The number of Topliss-reactive ketones (excluding diaryl/α,β-unsaturated/α-hetero) is 1. The molecular formula is C15H18ClNO2. The number of amides is 1. The fraction of sp³-hybridized carbons (Fsp3) is 0.467. The molecule has 1 aromatic carbocycles. The topological polar surface area (TPSA) is 37.4 Å². The molecule has 2 rings (SSSR count). The van der Waals surface area contributed by atoms with Crippen molar-refractivity contribution in [3.63, 3.8) is 0 Å². The summed E-state index contributed by atoms with van der Waals surface area (Å²) in [4.78, 5) is 25.7. The summed E-state index contributed by atoms with van der Waals surface area (Å²) >= 11 is 5.83. The lowest BCUT2D eigenvalue weighted by Crippen LogP contribution is -2.35. The van der Waals surface area contributed by atoms with E-state index in [0.717, 1.165) is 17.7 Å². The van der Waals surface area contributed by atoms with Gasteiger partial charge in [0.25, 0.3) is 0 Å². The second-order valence-corrected chi connectivity index (χ2v) is 5.65. The molecule has 1 aliphatic rings. The van der Waals surface area contributed by atoms with Gasteiger partial charge >= 0.3 is 0 Å². The summed E-state index contributed by atoms with van der Waals surface area (Å²) in [6.45, 7) is 5.56. The Morgan fingerprint density at radius 1 is 1.47 bits per heavy atom. The maximum atomic E-state index is 12.0. The summed E-state index contributed by atoms with van der Waals surface area (Å²) in [7, 11) is 0. The fourth-order valence-corrected chi connectivity index (χ4v) is 2.69. The summed E-state index contributed by atoms with van der Waals surface area (Å²) in [6.07, 6.45) is 1.28. The largest absolute Gasteiger partial charge is 0.309 e. The smallest absolute Gasteiger partial charge is 0.226 e. The van der Waals surface area contributed by atoms with Gasteiger partial charge in [0.1, 0.15) is 0 Å². The Labute approximate surface area is 118 Å². The average molecular weight is 280 g/mol. The van der Waals surface area contributed by atoms with Crippen LogP contribution in [-0.4, -0.2) is 23.1 Å². The van der Waals surface area contributed by atoms with Gasteiger partial charge in [-0.15, -0.1) is 11.6 Å². The highest BCUT2D eigenvalue weighted by Crippen LogP contribution is 2.33. The van der Waals surface area contributed by atoms with Crippen molar-refractivity contribution in [3.05, 3.63) is 29.3 Å². The van der Waals surface area contributed by atoms with Crippen LogP contribution in [0.15, 0.2) is 18.2 Å². The van der Waals surface area contributed by atoms with Gasteiger partial charge in [0.15, 0.2) is 5.78 Å². The van der Waals surface area contributed by atoms with Crippen LogP contribution in [0, 0.1) is 0 Å². The van der Waals surface area contributed by atoms with E-state index in [2.05, 4.69) is 0 Å². The second-order valence-electron chi connectivity index (χ2n) is 4.99. The first-order chi connectivity index (χ1) is 8.95. The molecule has 3 nitrogen and oxygen atoms in total. The Morgan fingerprint density at radius 3 is 2.74 bits per heavy atom. The van der Waals surface area contributed by atoms with Crippen molar-refractivity contribution < 1.29 is 9.59 Å². The lowest BCUT2D eigenvalue weighted by molar-refractivity contribution is -0.118. The predicted octanol–water partition coefficient (Wildman–Crippen LogP) is 3.18. The van der Waals surface area contributed by atoms with E-state index < -0.39 is 5.38 Å². The molecule has 0 bridgehead atoms. The predicted molar refractivity (Wildman–Crippen MR) is 77.0 cm³/mol. The van der Waals surface area contributed by atoms with Crippen molar-refractivity contribution in [2.45, 2.75) is 45.0 Å². The van der Waals surface area contributed by atoms with Gasteiger partial charge in [-0.05, 0) is 44.0 Å². The highest BCUT2D eigenvalue weighted by Gasteiger charge is 2.30. The van der Waals surface area contributed by atoms with Crippen molar-refractivity contribution in [1.82, 2.24) is 0 Å². The number of carbonyl (C=O) groups excluding carboxylic acids is 2. The minimum absolute atomic E-state index is 0.0719. The first-order valence-corrected chi connectivity index (χ1v) is 7.02. The van der Waals surface area contributed by atoms with Gasteiger partial charge in [-0.25, -0.2) is 0 Å². The lowest BCUT2D eigenvalue weighted by atomic mass is 10.0. The number of ketones is 1. The van der Waals surface area contributed by atoms with Gasteiger partial charge in [-0.3, -0.25) is 9.59 Å². The maximum absolute atomic E-state index is 12.0. The number of hydrogen-bond donors (Lipinski definition) is 0. The van der Waals surface area contributed by atoms with Crippen LogP contribution >= 0.6 is 11.6 Å². The van der Waals surface area contributed by atoms with Gasteiger partial charge in [-0.1, -0.05) is 6.92 Å². The quantitative estimate of drug-likeness (QED) is 0.629. The van der Waals surface area contributed by atoms with Crippen molar-refractivity contribution in [2.24, 2.45) is 0 Å². The molecule has 0 fully saturated rings. The molecule has 0 saturated heterocycles. The van der Waals surface area contributed by atoms with Crippen molar-refractivity contribution in [2.75, 3.05) is 4.90 Å². The molecule has 2 atom stereocenters. The Hall–Kier alpha value is -1.35. The molecule has 4 heteroatoms. The molecular weight excluding hydrogens is 262 g/mol. The Balaban J connectivity index is 2.37. The second kappa shape index (κ2) is 5.33. The normalized spacial score (nSPS) is 19.2. The molecule has 2 unspecified atom stereocenters. The van der Waals surface area contributed by atoms with E-state index in [-0.39, 0.29) is 17.7 Å². The summed E-state index contributed by atoms with van der Waals surface area (Å²) in [5.74, 6) is 0.0495. The highest BCUT2D eigenvalue weighted by molar-refractivity contribution is 6.33. The van der Waals surface area contributed by atoms with Crippen LogP contribution in [0.5, 0.6) is 0 Å². The first kappa shape index (κ1) is 14.1. The third kappa shape index (κ3) is 2.52. The standard InChI is InChI=1S/C15H18ClNO2/c1-4-14(18)17-9(2)7-12-8-11(5-6-13(12)17)15(19)10(3)16/h5-6,8-10H,4,7H2,1-3H3. The number of benzene rings is 1. The zero-order valence-electron chi connectivity index (χ0n) is 11.4. The van der Waals surface area contributed by atoms with Gasteiger partial charge in [0, 0.05) is 23.7 Å². The molecule has 1 aromatic rings. The third-order valence-electron chi connectivity index (χ3n) is 3.51. The van der Waals surface area contributed by atoms with Gasteiger partial charge < -0.3 is 4.90 Å². The number of fused-ring (bicyclic) bond motifs is 1. The van der Waals surface area contributed by atoms with Gasteiger partial charge in [0.2, 0.25) is 5.91 Å². The number of rotatable bonds is 3. The molecule has 1 amide bonds. The summed E-state index contributed by atoms with van der Waals surface area (Å²) in [6, 6.07) is 5.64. The van der Waals surface area contributed by atoms with Gasteiger partial charge in [-0.2, -0.15) is 0 Å². The molecule has 1 aliphatic heterocycles. The monoisotopic (exact) mass is 279 g/mol. The van der Waals surface area contributed by atoms with E-state index in [0.29, 0.717) is 12.0 Å². The molecule has 0 radical (unpaired) electrons. The molecule has 0 spiro atoms. The van der Waals surface area contributed by atoms with Crippen LogP contribution < -0.4 is 4.90 Å². The van der Waals surface area contributed by atoms with E-state index in [4.69, 9.17) is 11.6 Å². The number of carbonyl (C=O) groups is 2. The van der Waals surface area contributed by atoms with E-state index >= 15 is 0 Å². The van der Waals surface area contributed by atoms with Gasteiger partial charge in [0.05, 0.1) is 5.38 Å². The summed E-state index contributed by atoms with van der Waals surface area (Å²) < 4.78 is 0. The SMILES string of the molecule is CCC(=O)N1c2ccc(C(=O)C(C)Cl)cc2CC1C. The number of alkyl halides is 1. The van der Waals surface area contributed by atoms with Crippen molar-refractivity contribution >= 4 is 29.0 Å². The van der Waals surface area contributed by atoms with Crippen molar-refractivity contribution in [1.29, 1.82) is 0 Å². The molecule has 0 saturated carbocycles. The van der Waals surface area contributed by atoms with Crippen LogP contribution in [0.4, 0.5) is 5.69 Å². The van der Waals surface area contributed by atoms with E-state index in [9.17, 15) is 9.59 Å². The number of hydrogen-bond acceptors (Lipinski definition) is 2. The molecule has 0 N–H and O–H groups in total. The number of anilines is 1. The highest BCUT2D eigenvalue weighted by atomic mass is 35.5. The zero-order chi connectivity index (χ0) is 14.2. The Bertz CT molecular complexity index is 525. The molecule has 0 aromatic heterocycles. The lowest BCUT2D eigenvalue weighted by Gasteiger charge is -2.22. The van der Waals surface area contributed by atoms with E-state index in [1.165, 1.54) is 0 Å². The van der Waals surface area contributed by atoms with Crippen LogP contribution in [0.1, 0.15) is 43.1 Å². The molecule has 19 heavy (non-hydrogen) atoms. The number of nitrogens with zero attached hydrogens (tertiary/aromatic N) is 1. The third-order valence-corrected chi connectivity index (χ3v) is 3.71. The average Bonchev–Trinajstić information content (AvgIpc) is 2.71. The van der Waals surface area contributed by atoms with Crippen LogP contribution in [-0.2, 0) is 11.2 Å². The molecule has 1 heterocycles. The van der Waals surface area contributed by atoms with E-state index in [1.807, 2.05) is 30.9 Å². The molecule has 0 aliphatic carbocycles. The van der Waals surface area contributed by atoms with Crippen LogP contribution in [0.25, 0.3) is 0 Å². The van der Waals surface area contributed by atoms with Crippen molar-refractivity contribution in [3.8, 4) is 0 Å². The first-order valence-electron chi connectivity index (χ1n) is 6.59. The summed E-state index contributed by atoms with van der Waals surface area (Å²) in [5.41, 5.74) is 2.61. The Morgan fingerprint density at radius 2 is 2.16 bits per heavy atom. The Kier molecular flexibility index (Phi) is 3.95.